The Bertz CT molecular complexity index is 285. The smallest absolute Gasteiger partial charge is 0.412 e. The van der Waals surface area contributed by atoms with Gasteiger partial charge in [0.15, 0.2) is 0 Å². The zero-order valence-electron chi connectivity index (χ0n) is 11.5. The van der Waals surface area contributed by atoms with Crippen molar-refractivity contribution in [1.82, 2.24) is 4.90 Å². The highest BCUT2D eigenvalue weighted by Crippen LogP contribution is 2.15. The van der Waals surface area contributed by atoms with Crippen LogP contribution in [0.4, 0.5) is 4.79 Å². The van der Waals surface area contributed by atoms with E-state index in [-0.39, 0.29) is 24.4 Å². The molecule has 1 saturated heterocycles. The van der Waals surface area contributed by atoms with Gasteiger partial charge >= 0.3 is 12.1 Å². The monoisotopic (exact) mass is 257 g/mol. The normalized spacial score (nSPS) is 17.4. The quantitative estimate of drug-likeness (QED) is 0.573. The highest BCUT2D eigenvalue weighted by Gasteiger charge is 2.26. The highest BCUT2D eigenvalue weighted by atomic mass is 16.7. The van der Waals surface area contributed by atoms with Crippen molar-refractivity contribution in [2.45, 2.75) is 52.7 Å². The topological polar surface area (TPSA) is 55.8 Å². The van der Waals surface area contributed by atoms with Crippen LogP contribution in [-0.2, 0) is 14.3 Å². The molecule has 0 aromatic heterocycles. The standard InChI is InChI=1S/C13H23NO4/c1-4-11(15)17-12(10(2)3)18-13(16)14-8-6-5-7-9-14/h10,12H,4-9H2,1-3H3. The Kier molecular flexibility index (Phi) is 5.95. The highest BCUT2D eigenvalue weighted by molar-refractivity contribution is 5.70. The van der Waals surface area contributed by atoms with E-state index in [1.807, 2.05) is 13.8 Å². The van der Waals surface area contributed by atoms with Gasteiger partial charge in [-0.25, -0.2) is 4.79 Å². The van der Waals surface area contributed by atoms with Crippen LogP contribution in [0.1, 0.15) is 46.5 Å². The van der Waals surface area contributed by atoms with Gasteiger partial charge in [-0.05, 0) is 19.3 Å². The lowest BCUT2D eigenvalue weighted by molar-refractivity contribution is -0.176. The van der Waals surface area contributed by atoms with Gasteiger partial charge in [-0.1, -0.05) is 20.8 Å². The summed E-state index contributed by atoms with van der Waals surface area (Å²) in [5, 5.41) is 0. The van der Waals surface area contributed by atoms with Gasteiger partial charge in [0.25, 0.3) is 6.29 Å². The summed E-state index contributed by atoms with van der Waals surface area (Å²) in [5.74, 6) is -0.394. The Morgan fingerprint density at radius 3 is 2.22 bits per heavy atom. The first kappa shape index (κ1) is 14.8. The maximum Gasteiger partial charge on any atom is 0.412 e. The van der Waals surface area contributed by atoms with Gasteiger partial charge in [0.2, 0.25) is 0 Å². The first-order chi connectivity index (χ1) is 8.54. The lowest BCUT2D eigenvalue weighted by atomic mass is 10.1. The Balaban J connectivity index is 2.48. The number of likely N-dealkylation sites (tertiary alicyclic amines) is 1. The van der Waals surface area contributed by atoms with Gasteiger partial charge in [0.1, 0.15) is 0 Å². The van der Waals surface area contributed by atoms with E-state index in [9.17, 15) is 9.59 Å². The predicted octanol–water partition coefficient (Wildman–Crippen LogP) is 2.54. The van der Waals surface area contributed by atoms with Crippen LogP contribution in [0.15, 0.2) is 0 Å². The molecule has 5 heteroatoms. The molecule has 0 bridgehead atoms. The molecule has 1 rings (SSSR count). The lowest BCUT2D eigenvalue weighted by Gasteiger charge is -2.29. The zero-order valence-corrected chi connectivity index (χ0v) is 11.5. The number of rotatable bonds is 4. The molecule has 0 spiro atoms. The van der Waals surface area contributed by atoms with Crippen molar-refractivity contribution >= 4 is 12.1 Å². The average molecular weight is 257 g/mol. The second kappa shape index (κ2) is 7.24. The molecule has 5 nitrogen and oxygen atoms in total. The summed E-state index contributed by atoms with van der Waals surface area (Å²) in [7, 11) is 0. The van der Waals surface area contributed by atoms with E-state index in [1.165, 1.54) is 0 Å². The maximum absolute atomic E-state index is 11.9. The Labute approximate surface area is 108 Å². The maximum atomic E-state index is 11.9. The van der Waals surface area contributed by atoms with Gasteiger partial charge in [0.05, 0.1) is 0 Å². The average Bonchev–Trinajstić information content (AvgIpc) is 2.38. The fourth-order valence-corrected chi connectivity index (χ4v) is 1.76. The second-order valence-electron chi connectivity index (χ2n) is 4.89. The van der Waals surface area contributed by atoms with Gasteiger partial charge in [-0.15, -0.1) is 0 Å². The van der Waals surface area contributed by atoms with Crippen molar-refractivity contribution in [2.24, 2.45) is 5.92 Å². The number of amides is 1. The first-order valence-electron chi connectivity index (χ1n) is 6.69. The summed E-state index contributed by atoms with van der Waals surface area (Å²) in [6.45, 7) is 6.89. The van der Waals surface area contributed by atoms with Gasteiger partial charge in [-0.2, -0.15) is 0 Å². The molecule has 104 valence electrons. The third-order valence-electron chi connectivity index (χ3n) is 2.91. The zero-order chi connectivity index (χ0) is 13.5. The summed E-state index contributed by atoms with van der Waals surface area (Å²) in [6, 6.07) is 0. The molecule has 0 N–H and O–H groups in total. The predicted molar refractivity (Wildman–Crippen MR) is 66.9 cm³/mol. The van der Waals surface area contributed by atoms with E-state index in [2.05, 4.69) is 0 Å². The van der Waals surface area contributed by atoms with Gasteiger partial charge in [0, 0.05) is 25.4 Å². The molecule has 0 aliphatic carbocycles. The van der Waals surface area contributed by atoms with Crippen molar-refractivity contribution < 1.29 is 19.1 Å². The third-order valence-corrected chi connectivity index (χ3v) is 2.91. The lowest BCUT2D eigenvalue weighted by Crippen LogP contribution is -2.40. The van der Waals surface area contributed by atoms with Crippen LogP contribution >= 0.6 is 0 Å². The summed E-state index contributed by atoms with van der Waals surface area (Å²) >= 11 is 0. The number of carbonyl (C=O) groups is 2. The minimum Gasteiger partial charge on any atom is -0.425 e. The molecule has 1 heterocycles. The molecule has 0 aromatic rings. The molecule has 1 fully saturated rings. The molecule has 0 saturated carbocycles. The van der Waals surface area contributed by atoms with Gasteiger partial charge in [-0.3, -0.25) is 4.79 Å². The summed E-state index contributed by atoms with van der Waals surface area (Å²) < 4.78 is 10.4. The largest absolute Gasteiger partial charge is 0.425 e. The number of hydrogen-bond acceptors (Lipinski definition) is 4. The van der Waals surface area contributed by atoms with E-state index >= 15 is 0 Å². The molecule has 1 aliphatic heterocycles. The number of nitrogens with zero attached hydrogens (tertiary/aromatic N) is 1. The SMILES string of the molecule is CCC(=O)OC(OC(=O)N1CCCCC1)C(C)C. The van der Waals surface area contributed by atoms with Crippen molar-refractivity contribution in [3.8, 4) is 0 Å². The third kappa shape index (κ3) is 4.55. The molecule has 1 aliphatic rings. The minimum absolute atomic E-state index is 0.0470. The molecule has 0 radical (unpaired) electrons. The summed E-state index contributed by atoms with van der Waals surface area (Å²) in [5.41, 5.74) is 0. The van der Waals surface area contributed by atoms with Crippen LogP contribution in [0, 0.1) is 5.92 Å². The van der Waals surface area contributed by atoms with Crippen LogP contribution in [0.25, 0.3) is 0 Å². The van der Waals surface area contributed by atoms with Crippen molar-refractivity contribution in [3.63, 3.8) is 0 Å². The summed E-state index contributed by atoms with van der Waals surface area (Å²) in [6.07, 6.45) is 2.29. The second-order valence-corrected chi connectivity index (χ2v) is 4.89. The van der Waals surface area contributed by atoms with E-state index in [4.69, 9.17) is 9.47 Å². The number of piperidine rings is 1. The van der Waals surface area contributed by atoms with E-state index in [0.717, 1.165) is 32.4 Å². The Hall–Kier alpha value is -1.26. The Morgan fingerprint density at radius 2 is 1.72 bits per heavy atom. The van der Waals surface area contributed by atoms with E-state index < -0.39 is 6.29 Å². The molecular weight excluding hydrogens is 234 g/mol. The minimum atomic E-state index is -0.785. The molecular formula is C13H23NO4. The Morgan fingerprint density at radius 1 is 1.11 bits per heavy atom. The number of carbonyl (C=O) groups excluding carboxylic acids is 2. The van der Waals surface area contributed by atoms with Crippen molar-refractivity contribution in [3.05, 3.63) is 0 Å². The van der Waals surface area contributed by atoms with Crippen LogP contribution in [0.5, 0.6) is 0 Å². The number of ether oxygens (including phenoxy) is 2. The first-order valence-corrected chi connectivity index (χ1v) is 6.69. The van der Waals surface area contributed by atoms with E-state index in [0.29, 0.717) is 0 Å². The summed E-state index contributed by atoms with van der Waals surface area (Å²) in [4.78, 5) is 24.8. The van der Waals surface area contributed by atoms with Crippen LogP contribution < -0.4 is 0 Å². The van der Waals surface area contributed by atoms with Crippen LogP contribution in [-0.4, -0.2) is 36.3 Å². The van der Waals surface area contributed by atoms with Crippen LogP contribution in [0.2, 0.25) is 0 Å². The fourth-order valence-electron chi connectivity index (χ4n) is 1.76. The molecule has 1 amide bonds. The van der Waals surface area contributed by atoms with Crippen molar-refractivity contribution in [2.75, 3.05) is 13.1 Å². The van der Waals surface area contributed by atoms with Crippen molar-refractivity contribution in [1.29, 1.82) is 0 Å². The molecule has 18 heavy (non-hydrogen) atoms. The number of hydrogen-bond donors (Lipinski definition) is 0. The molecule has 0 aromatic carbocycles. The fraction of sp³-hybridized carbons (Fsp3) is 0.846. The molecule has 1 unspecified atom stereocenters. The van der Waals surface area contributed by atoms with E-state index in [1.54, 1.807) is 11.8 Å². The number of esters is 1. The van der Waals surface area contributed by atoms with Crippen LogP contribution in [0.3, 0.4) is 0 Å². The van der Waals surface area contributed by atoms with Gasteiger partial charge < -0.3 is 14.4 Å². The molecule has 1 atom stereocenters.